The molecule has 0 spiro atoms. The predicted molar refractivity (Wildman–Crippen MR) is 89.6 cm³/mol. The van der Waals surface area contributed by atoms with Crippen molar-refractivity contribution in [2.45, 2.75) is 16.7 Å². The molecule has 9 nitrogen and oxygen atoms in total. The second-order valence-corrected chi connectivity index (χ2v) is 9.67. The van der Waals surface area contributed by atoms with Crippen LogP contribution in [-0.2, 0) is 39.0 Å². The first-order valence-electron chi connectivity index (χ1n) is 6.84. The maximum Gasteiger partial charge on any atom is 0.328 e. The van der Waals surface area contributed by atoms with Crippen molar-refractivity contribution < 1.29 is 38.1 Å². The number of hydrogen-bond acceptors (Lipinski definition) is 9. The Bertz CT molecular complexity index is 1100. The van der Waals surface area contributed by atoms with Gasteiger partial charge in [-0.1, -0.05) is 32.9 Å². The lowest BCUT2D eigenvalue weighted by Crippen LogP contribution is -2.15. The van der Waals surface area contributed by atoms with E-state index in [1.807, 2.05) is 0 Å². The summed E-state index contributed by atoms with van der Waals surface area (Å²) in [4.78, 5) is -1.04. The van der Waals surface area contributed by atoms with E-state index in [4.69, 9.17) is 0 Å². The summed E-state index contributed by atoms with van der Waals surface area (Å²) in [6.07, 6.45) is 0.725. The van der Waals surface area contributed by atoms with Crippen LogP contribution in [0.25, 0.3) is 0 Å². The fourth-order valence-electron chi connectivity index (χ4n) is 1.79. The second kappa shape index (κ2) is 7.32. The molecule has 0 aliphatic carbocycles. The molecule has 0 radical (unpaired) electrons. The van der Waals surface area contributed by atoms with Gasteiger partial charge in [-0.3, -0.25) is 0 Å². The van der Waals surface area contributed by atoms with Crippen LogP contribution in [0.2, 0.25) is 0 Å². The van der Waals surface area contributed by atoms with Crippen LogP contribution >= 0.6 is 0 Å². The molecule has 0 bridgehead atoms. The molecule has 2 aromatic rings. The van der Waals surface area contributed by atoms with Gasteiger partial charge in [0, 0.05) is 0 Å². The Balaban J connectivity index is 2.34. The van der Waals surface area contributed by atoms with Gasteiger partial charge in [0.25, 0.3) is 0 Å². The van der Waals surface area contributed by atoms with E-state index < -0.39 is 41.0 Å². The van der Waals surface area contributed by atoms with Crippen LogP contribution in [0, 0.1) is 6.92 Å². The molecule has 2 aromatic carbocycles. The second-order valence-electron chi connectivity index (χ2n) is 5.10. The van der Waals surface area contributed by atoms with Crippen molar-refractivity contribution in [2.24, 2.45) is 0 Å². The molecule has 0 fully saturated rings. The van der Waals surface area contributed by atoms with E-state index in [1.54, 1.807) is 13.0 Å². The minimum absolute atomic E-state index is 0.327. The van der Waals surface area contributed by atoms with E-state index >= 15 is 0 Å². The van der Waals surface area contributed by atoms with Gasteiger partial charge in [-0.15, -0.1) is 0 Å². The maximum atomic E-state index is 12.2. The number of rotatable bonds is 7. The molecular weight excluding hydrogens is 408 g/mol. The van der Waals surface area contributed by atoms with Gasteiger partial charge < -0.3 is 4.18 Å². The van der Waals surface area contributed by atoms with Crippen molar-refractivity contribution in [3.63, 3.8) is 0 Å². The average Bonchev–Trinajstić information content (AvgIpc) is 2.52. The molecule has 26 heavy (non-hydrogen) atoms. The molecule has 0 saturated heterocycles. The van der Waals surface area contributed by atoms with Crippen LogP contribution in [0.4, 0.5) is 0 Å². The molecule has 0 amide bonds. The van der Waals surface area contributed by atoms with Crippen LogP contribution < -0.4 is 4.18 Å². The fraction of sp³-hybridized carbons (Fsp3) is 0.143. The number of aryl methyl sites for hydroxylation is 1. The van der Waals surface area contributed by atoms with Gasteiger partial charge in [0.15, 0.2) is 5.75 Å². The highest BCUT2D eigenvalue weighted by Gasteiger charge is 2.28. The first-order chi connectivity index (χ1) is 11.9. The Labute approximate surface area is 151 Å². The van der Waals surface area contributed by atoms with Gasteiger partial charge in [-0.2, -0.15) is 25.3 Å². The third-order valence-electron chi connectivity index (χ3n) is 2.85. The molecule has 2 rings (SSSR count). The Hall–Kier alpha value is -1.99. The van der Waals surface area contributed by atoms with E-state index in [2.05, 4.69) is 12.9 Å². The summed E-state index contributed by atoms with van der Waals surface area (Å²) in [5.41, 5.74) is 0.500. The quantitative estimate of drug-likeness (QED) is 0.369. The summed E-state index contributed by atoms with van der Waals surface area (Å²) in [6, 6.07) is 10.2. The highest BCUT2D eigenvalue weighted by molar-refractivity contribution is 7.89. The van der Waals surface area contributed by atoms with E-state index in [0.717, 1.165) is 18.4 Å². The predicted octanol–water partition coefficient (Wildman–Crippen LogP) is 1.36. The fourth-order valence-corrected chi connectivity index (χ4v) is 4.11. The Morgan fingerprint density at radius 3 is 1.92 bits per heavy atom. The molecule has 142 valence electrons. The minimum Gasteiger partial charge on any atom is -0.381 e. The van der Waals surface area contributed by atoms with Crippen LogP contribution in [-0.4, -0.2) is 31.5 Å². The largest absolute Gasteiger partial charge is 0.381 e. The van der Waals surface area contributed by atoms with E-state index in [-0.39, 0.29) is 4.90 Å². The standard InChI is InChI=1S/C14H14O9S3/c1-11-8-9-14(13(10-11)21-24(2,15)16)26(19,20)23-22-25(17,18)12-6-4-3-5-7-12/h3-10H,1-2H3. The average molecular weight is 422 g/mol. The van der Waals surface area contributed by atoms with Crippen molar-refractivity contribution in [1.29, 1.82) is 0 Å². The van der Waals surface area contributed by atoms with Gasteiger partial charge in [0.05, 0.1) is 11.2 Å². The summed E-state index contributed by atoms with van der Waals surface area (Å²) in [5.74, 6) is -0.548. The van der Waals surface area contributed by atoms with E-state index in [9.17, 15) is 25.3 Å². The van der Waals surface area contributed by atoms with Gasteiger partial charge in [-0.25, -0.2) is 0 Å². The lowest BCUT2D eigenvalue weighted by atomic mass is 10.2. The Morgan fingerprint density at radius 2 is 1.35 bits per heavy atom. The maximum absolute atomic E-state index is 12.2. The van der Waals surface area contributed by atoms with Crippen molar-refractivity contribution in [1.82, 2.24) is 0 Å². The van der Waals surface area contributed by atoms with Crippen LogP contribution in [0.1, 0.15) is 5.56 Å². The van der Waals surface area contributed by atoms with Gasteiger partial charge in [0.2, 0.25) is 0 Å². The van der Waals surface area contributed by atoms with E-state index in [0.29, 0.717) is 5.56 Å². The van der Waals surface area contributed by atoms with Crippen molar-refractivity contribution >= 4 is 30.4 Å². The van der Waals surface area contributed by atoms with Crippen LogP contribution in [0.5, 0.6) is 5.75 Å². The minimum atomic E-state index is -4.81. The third kappa shape index (κ3) is 5.25. The molecule has 0 N–H and O–H groups in total. The highest BCUT2D eigenvalue weighted by Crippen LogP contribution is 2.28. The molecule has 0 aliphatic heterocycles. The van der Waals surface area contributed by atoms with Crippen molar-refractivity contribution in [3.8, 4) is 5.75 Å². The summed E-state index contributed by atoms with van der Waals surface area (Å²) in [5, 5.41) is 0. The molecule has 12 heteroatoms. The lowest BCUT2D eigenvalue weighted by Gasteiger charge is -2.10. The normalized spacial score (nSPS) is 12.7. The van der Waals surface area contributed by atoms with Crippen molar-refractivity contribution in [2.75, 3.05) is 6.26 Å². The van der Waals surface area contributed by atoms with E-state index in [1.165, 1.54) is 30.3 Å². The van der Waals surface area contributed by atoms with Gasteiger partial charge >= 0.3 is 30.4 Å². The molecule has 0 heterocycles. The topological polar surface area (TPSA) is 130 Å². The van der Waals surface area contributed by atoms with Gasteiger partial charge in [0.1, 0.15) is 4.90 Å². The Morgan fingerprint density at radius 1 is 0.769 bits per heavy atom. The summed E-state index contributed by atoms with van der Waals surface area (Å²) >= 11 is 0. The van der Waals surface area contributed by atoms with Gasteiger partial charge in [-0.05, 0) is 36.8 Å². The zero-order chi connectivity index (χ0) is 19.6. The monoisotopic (exact) mass is 422 g/mol. The smallest absolute Gasteiger partial charge is 0.328 e. The zero-order valence-electron chi connectivity index (χ0n) is 13.5. The summed E-state index contributed by atoms with van der Waals surface area (Å²) in [6.45, 7) is 1.57. The van der Waals surface area contributed by atoms with Crippen molar-refractivity contribution in [3.05, 3.63) is 54.1 Å². The molecule has 0 unspecified atom stereocenters. The zero-order valence-corrected chi connectivity index (χ0v) is 16.0. The Kier molecular flexibility index (Phi) is 5.73. The first-order valence-corrected chi connectivity index (χ1v) is 11.5. The SMILES string of the molecule is Cc1ccc(S(=O)(=O)OOS(=O)(=O)c2ccccc2)c(OS(C)(=O)=O)c1. The first kappa shape index (κ1) is 20.3. The molecule has 0 aromatic heterocycles. The highest BCUT2D eigenvalue weighted by atomic mass is 32.2. The summed E-state index contributed by atoms with van der Waals surface area (Å²) in [7, 11) is -13.4. The summed E-state index contributed by atoms with van der Waals surface area (Å²) < 4.78 is 83.9. The molecule has 0 atom stereocenters. The third-order valence-corrected chi connectivity index (χ3v) is 5.64. The number of benzene rings is 2. The molecule has 0 saturated carbocycles. The van der Waals surface area contributed by atoms with Crippen LogP contribution in [0.3, 0.4) is 0 Å². The number of hydrogen-bond donors (Lipinski definition) is 0. The molecular formula is C14H14O9S3. The molecule has 0 aliphatic rings. The lowest BCUT2D eigenvalue weighted by molar-refractivity contribution is -0.0852. The van der Waals surface area contributed by atoms with Crippen LogP contribution in [0.15, 0.2) is 58.3 Å².